The van der Waals surface area contributed by atoms with E-state index in [9.17, 15) is 10.1 Å². The molecule has 6 heteroatoms. The summed E-state index contributed by atoms with van der Waals surface area (Å²) in [6.45, 7) is 2.91. The summed E-state index contributed by atoms with van der Waals surface area (Å²) < 4.78 is 0. The van der Waals surface area contributed by atoms with Crippen molar-refractivity contribution in [3.63, 3.8) is 0 Å². The SMILES string of the molecule is CSCC(C)CNc1cc(N)cc([N+](=O)[O-])c1. The molecule has 3 N–H and O–H groups in total. The Bertz CT molecular complexity index is 398. The second-order valence-corrected chi connectivity index (χ2v) is 4.92. The van der Waals surface area contributed by atoms with E-state index in [-0.39, 0.29) is 5.69 Å². The molecule has 0 aromatic heterocycles. The highest BCUT2D eigenvalue weighted by Gasteiger charge is 2.09. The highest BCUT2D eigenvalue weighted by Crippen LogP contribution is 2.22. The maximum atomic E-state index is 10.7. The summed E-state index contributed by atoms with van der Waals surface area (Å²) in [5.41, 5.74) is 6.73. The molecule has 1 aromatic rings. The van der Waals surface area contributed by atoms with Crippen molar-refractivity contribution in [2.45, 2.75) is 6.92 Å². The highest BCUT2D eigenvalue weighted by atomic mass is 32.2. The predicted octanol–water partition coefficient (Wildman–Crippen LogP) is 2.59. The third kappa shape index (κ3) is 4.52. The fourth-order valence-electron chi connectivity index (χ4n) is 1.48. The molecular formula is C11H17N3O2S. The Hall–Kier alpha value is -1.43. The molecule has 0 spiro atoms. The first-order valence-corrected chi connectivity index (χ1v) is 6.70. The summed E-state index contributed by atoms with van der Waals surface area (Å²) in [4.78, 5) is 10.2. The van der Waals surface area contributed by atoms with E-state index < -0.39 is 4.92 Å². The molecule has 1 atom stereocenters. The monoisotopic (exact) mass is 255 g/mol. The lowest BCUT2D eigenvalue weighted by Gasteiger charge is -2.12. The summed E-state index contributed by atoms with van der Waals surface area (Å²) in [7, 11) is 0. The van der Waals surface area contributed by atoms with Crippen LogP contribution in [0.15, 0.2) is 18.2 Å². The fourth-order valence-corrected chi connectivity index (χ4v) is 2.16. The number of benzene rings is 1. The number of hydrogen-bond donors (Lipinski definition) is 2. The number of nitrogens with two attached hydrogens (primary N) is 1. The van der Waals surface area contributed by atoms with Crippen LogP contribution in [0.1, 0.15) is 6.92 Å². The van der Waals surface area contributed by atoms with Gasteiger partial charge in [0.2, 0.25) is 0 Å². The minimum absolute atomic E-state index is 0.0185. The van der Waals surface area contributed by atoms with E-state index in [0.717, 1.165) is 12.3 Å². The summed E-state index contributed by atoms with van der Waals surface area (Å²) in [5, 5.41) is 13.8. The molecular weight excluding hydrogens is 238 g/mol. The molecule has 1 aromatic carbocycles. The molecule has 0 heterocycles. The maximum absolute atomic E-state index is 10.7. The first kappa shape index (κ1) is 13.6. The Kier molecular flexibility index (Phi) is 5.09. The number of nitro benzene ring substituents is 1. The van der Waals surface area contributed by atoms with Crippen molar-refractivity contribution >= 4 is 28.8 Å². The molecule has 0 saturated carbocycles. The van der Waals surface area contributed by atoms with Crippen LogP contribution in [0.5, 0.6) is 0 Å². The molecule has 0 aliphatic rings. The lowest BCUT2D eigenvalue weighted by molar-refractivity contribution is -0.384. The molecule has 0 aliphatic heterocycles. The van der Waals surface area contributed by atoms with Gasteiger partial charge in [0.15, 0.2) is 0 Å². The van der Waals surface area contributed by atoms with Crippen LogP contribution in [-0.4, -0.2) is 23.5 Å². The zero-order valence-electron chi connectivity index (χ0n) is 9.97. The van der Waals surface area contributed by atoms with Gasteiger partial charge in [-0.2, -0.15) is 11.8 Å². The van der Waals surface area contributed by atoms with Gasteiger partial charge in [0.05, 0.1) is 4.92 Å². The van der Waals surface area contributed by atoms with Gasteiger partial charge in [0.25, 0.3) is 5.69 Å². The Morgan fingerprint density at radius 2 is 2.24 bits per heavy atom. The minimum atomic E-state index is -0.438. The van der Waals surface area contributed by atoms with Gasteiger partial charge in [-0.1, -0.05) is 6.92 Å². The Morgan fingerprint density at radius 1 is 1.53 bits per heavy atom. The van der Waals surface area contributed by atoms with Crippen molar-refractivity contribution in [3.05, 3.63) is 28.3 Å². The Morgan fingerprint density at radius 3 is 2.82 bits per heavy atom. The summed E-state index contributed by atoms with van der Waals surface area (Å²) in [6.07, 6.45) is 2.06. The molecule has 94 valence electrons. The number of nitrogens with zero attached hydrogens (tertiary/aromatic N) is 1. The lowest BCUT2D eigenvalue weighted by atomic mass is 10.2. The molecule has 17 heavy (non-hydrogen) atoms. The molecule has 1 unspecified atom stereocenters. The van der Waals surface area contributed by atoms with Crippen LogP contribution in [0, 0.1) is 16.0 Å². The van der Waals surface area contributed by atoms with E-state index in [4.69, 9.17) is 5.73 Å². The van der Waals surface area contributed by atoms with Crippen molar-refractivity contribution in [1.82, 2.24) is 0 Å². The number of anilines is 2. The lowest BCUT2D eigenvalue weighted by Crippen LogP contribution is -2.13. The average Bonchev–Trinajstić information content (AvgIpc) is 2.26. The number of rotatable bonds is 6. The molecule has 1 rings (SSSR count). The van der Waals surface area contributed by atoms with E-state index in [1.807, 2.05) is 0 Å². The van der Waals surface area contributed by atoms with E-state index in [1.54, 1.807) is 17.8 Å². The number of hydrogen-bond acceptors (Lipinski definition) is 5. The molecule has 5 nitrogen and oxygen atoms in total. The number of non-ortho nitro benzene ring substituents is 1. The second-order valence-electron chi connectivity index (χ2n) is 4.01. The number of thioether (sulfide) groups is 1. The highest BCUT2D eigenvalue weighted by molar-refractivity contribution is 7.98. The van der Waals surface area contributed by atoms with Gasteiger partial charge >= 0.3 is 0 Å². The number of nitrogens with one attached hydrogen (secondary N) is 1. The molecule has 0 saturated heterocycles. The van der Waals surface area contributed by atoms with Gasteiger partial charge in [0.1, 0.15) is 0 Å². The molecule has 0 amide bonds. The van der Waals surface area contributed by atoms with Crippen molar-refractivity contribution in [2.75, 3.05) is 29.6 Å². The normalized spacial score (nSPS) is 12.1. The summed E-state index contributed by atoms with van der Waals surface area (Å²) in [6, 6.07) is 4.57. The molecule has 0 bridgehead atoms. The molecule has 0 fully saturated rings. The third-order valence-corrected chi connectivity index (χ3v) is 3.16. The summed E-state index contributed by atoms with van der Waals surface area (Å²) >= 11 is 1.78. The zero-order chi connectivity index (χ0) is 12.8. The van der Waals surface area contributed by atoms with Crippen LogP contribution >= 0.6 is 11.8 Å². The van der Waals surface area contributed by atoms with Crippen LogP contribution in [0.4, 0.5) is 17.1 Å². The van der Waals surface area contributed by atoms with E-state index >= 15 is 0 Å². The minimum Gasteiger partial charge on any atom is -0.398 e. The standard InChI is InChI=1S/C11H17N3O2S/c1-8(7-17-2)6-13-10-3-9(12)4-11(5-10)14(15)16/h3-5,8,13H,6-7,12H2,1-2H3. The number of nitro groups is 1. The van der Waals surface area contributed by atoms with Gasteiger partial charge < -0.3 is 11.1 Å². The maximum Gasteiger partial charge on any atom is 0.273 e. The topological polar surface area (TPSA) is 81.2 Å². The van der Waals surface area contributed by atoms with Crippen LogP contribution in [-0.2, 0) is 0 Å². The summed E-state index contributed by atoms with van der Waals surface area (Å²) in [5.74, 6) is 1.56. The predicted molar refractivity (Wildman–Crippen MR) is 73.5 cm³/mol. The number of nitrogen functional groups attached to an aromatic ring is 1. The van der Waals surface area contributed by atoms with Gasteiger partial charge in [-0.3, -0.25) is 10.1 Å². The first-order valence-electron chi connectivity index (χ1n) is 5.30. The first-order chi connectivity index (χ1) is 8.02. The Balaban J connectivity index is 2.68. The molecule has 0 radical (unpaired) electrons. The largest absolute Gasteiger partial charge is 0.398 e. The molecule has 0 aliphatic carbocycles. The Labute approximate surface area is 105 Å². The van der Waals surface area contributed by atoms with Gasteiger partial charge in [0, 0.05) is 30.1 Å². The van der Waals surface area contributed by atoms with Gasteiger partial charge in [-0.05, 0) is 24.0 Å². The van der Waals surface area contributed by atoms with E-state index in [0.29, 0.717) is 17.3 Å². The average molecular weight is 255 g/mol. The van der Waals surface area contributed by atoms with Crippen molar-refractivity contribution < 1.29 is 4.92 Å². The van der Waals surface area contributed by atoms with Crippen LogP contribution in [0.25, 0.3) is 0 Å². The van der Waals surface area contributed by atoms with Crippen molar-refractivity contribution in [2.24, 2.45) is 5.92 Å². The quantitative estimate of drug-likeness (QED) is 0.464. The van der Waals surface area contributed by atoms with E-state index in [2.05, 4.69) is 18.5 Å². The van der Waals surface area contributed by atoms with Crippen LogP contribution in [0.2, 0.25) is 0 Å². The zero-order valence-corrected chi connectivity index (χ0v) is 10.8. The van der Waals surface area contributed by atoms with Gasteiger partial charge in [-0.25, -0.2) is 0 Å². The smallest absolute Gasteiger partial charge is 0.273 e. The van der Waals surface area contributed by atoms with Crippen molar-refractivity contribution in [1.29, 1.82) is 0 Å². The second kappa shape index (κ2) is 6.34. The fraction of sp³-hybridized carbons (Fsp3) is 0.455. The van der Waals surface area contributed by atoms with Gasteiger partial charge in [-0.15, -0.1) is 0 Å². The van der Waals surface area contributed by atoms with Crippen LogP contribution < -0.4 is 11.1 Å². The third-order valence-electron chi connectivity index (χ3n) is 2.26. The van der Waals surface area contributed by atoms with Crippen LogP contribution in [0.3, 0.4) is 0 Å². The van der Waals surface area contributed by atoms with E-state index in [1.165, 1.54) is 12.1 Å². The van der Waals surface area contributed by atoms with Crippen molar-refractivity contribution in [3.8, 4) is 0 Å².